The Bertz CT molecular complexity index is 1080. The zero-order chi connectivity index (χ0) is 21.3. The molecule has 0 aliphatic heterocycles. The van der Waals surface area contributed by atoms with E-state index in [9.17, 15) is 10.1 Å². The number of carbonyl (C=O) groups excluding carboxylic acids is 1. The minimum Gasteiger partial charge on any atom is -0.496 e. The lowest BCUT2D eigenvalue weighted by Gasteiger charge is -2.09. The van der Waals surface area contributed by atoms with Gasteiger partial charge in [0, 0.05) is 5.69 Å². The molecule has 0 saturated heterocycles. The number of aryl methyl sites for hydroxylation is 1. The topological polar surface area (TPSA) is 71.3 Å². The maximum Gasteiger partial charge on any atom is 0.266 e. The van der Waals surface area contributed by atoms with Crippen LogP contribution in [0.3, 0.4) is 0 Å². The van der Waals surface area contributed by atoms with Crippen LogP contribution in [0.15, 0.2) is 78.4 Å². The lowest BCUT2D eigenvalue weighted by Crippen LogP contribution is -2.13. The average molecular weight is 398 g/mol. The molecule has 0 unspecified atom stereocenters. The van der Waals surface area contributed by atoms with Crippen LogP contribution in [0.4, 0.5) is 5.69 Å². The van der Waals surface area contributed by atoms with Gasteiger partial charge in [-0.1, -0.05) is 36.4 Å². The maximum absolute atomic E-state index is 12.5. The Morgan fingerprint density at radius 3 is 2.43 bits per heavy atom. The molecule has 0 aliphatic carbocycles. The molecule has 0 aromatic heterocycles. The van der Waals surface area contributed by atoms with E-state index >= 15 is 0 Å². The first kappa shape index (κ1) is 20.7. The fourth-order valence-electron chi connectivity index (χ4n) is 2.88. The second kappa shape index (κ2) is 9.94. The number of nitriles is 1. The van der Waals surface area contributed by atoms with Gasteiger partial charge in [-0.2, -0.15) is 5.26 Å². The third-order valence-corrected chi connectivity index (χ3v) is 4.46. The highest BCUT2D eigenvalue weighted by atomic mass is 16.5. The molecule has 1 N–H and O–H groups in total. The number of anilines is 1. The number of methoxy groups -OCH3 is 1. The largest absolute Gasteiger partial charge is 0.496 e. The highest BCUT2D eigenvalue weighted by Crippen LogP contribution is 2.21. The Kier molecular flexibility index (Phi) is 6.86. The molecule has 0 fully saturated rings. The fraction of sp³-hybridized carbons (Fsp3) is 0.120. The summed E-state index contributed by atoms with van der Waals surface area (Å²) in [6.07, 6.45) is 1.55. The molecule has 1 amide bonds. The Morgan fingerprint density at radius 2 is 1.80 bits per heavy atom. The summed E-state index contributed by atoms with van der Waals surface area (Å²) in [5.41, 5.74) is 3.36. The minimum absolute atomic E-state index is 0.0176. The highest BCUT2D eigenvalue weighted by Gasteiger charge is 2.10. The SMILES string of the molecule is COc1ccc(/C=C(\C#N)C(=O)Nc2ccc(OCc3ccccc3)cc2)cc1C. The minimum atomic E-state index is -0.469. The van der Waals surface area contributed by atoms with Crippen molar-refractivity contribution in [1.29, 1.82) is 5.26 Å². The van der Waals surface area contributed by atoms with E-state index in [4.69, 9.17) is 9.47 Å². The van der Waals surface area contributed by atoms with Gasteiger partial charge in [0.1, 0.15) is 29.7 Å². The summed E-state index contributed by atoms with van der Waals surface area (Å²) in [5, 5.41) is 12.1. The lowest BCUT2D eigenvalue weighted by molar-refractivity contribution is -0.112. The van der Waals surface area contributed by atoms with E-state index in [0.29, 0.717) is 18.0 Å². The second-order valence-electron chi connectivity index (χ2n) is 6.65. The van der Waals surface area contributed by atoms with Crippen molar-refractivity contribution in [3.63, 3.8) is 0 Å². The van der Waals surface area contributed by atoms with Crippen LogP contribution in [0.2, 0.25) is 0 Å². The van der Waals surface area contributed by atoms with E-state index in [1.807, 2.05) is 55.5 Å². The first-order valence-electron chi connectivity index (χ1n) is 9.43. The van der Waals surface area contributed by atoms with Gasteiger partial charge in [-0.3, -0.25) is 4.79 Å². The van der Waals surface area contributed by atoms with E-state index in [1.54, 1.807) is 43.5 Å². The summed E-state index contributed by atoms with van der Waals surface area (Å²) in [6, 6.07) is 24.3. The first-order chi connectivity index (χ1) is 14.6. The van der Waals surface area contributed by atoms with Crippen molar-refractivity contribution in [3.05, 3.63) is 95.1 Å². The third-order valence-electron chi connectivity index (χ3n) is 4.46. The quantitative estimate of drug-likeness (QED) is 0.442. The van der Waals surface area contributed by atoms with E-state index in [0.717, 1.165) is 22.4 Å². The van der Waals surface area contributed by atoms with E-state index in [2.05, 4.69) is 5.32 Å². The number of nitrogens with one attached hydrogen (secondary N) is 1. The first-order valence-corrected chi connectivity index (χ1v) is 9.43. The molecule has 150 valence electrons. The molecule has 0 aliphatic rings. The van der Waals surface area contributed by atoms with Crippen LogP contribution in [-0.4, -0.2) is 13.0 Å². The number of rotatable bonds is 7. The van der Waals surface area contributed by atoms with Crippen molar-refractivity contribution in [1.82, 2.24) is 0 Å². The van der Waals surface area contributed by atoms with Crippen molar-refractivity contribution in [2.24, 2.45) is 0 Å². The third kappa shape index (κ3) is 5.49. The highest BCUT2D eigenvalue weighted by molar-refractivity contribution is 6.09. The molecule has 3 aromatic carbocycles. The molecule has 0 heterocycles. The smallest absolute Gasteiger partial charge is 0.266 e. The van der Waals surface area contributed by atoms with Gasteiger partial charge in [-0.15, -0.1) is 0 Å². The van der Waals surface area contributed by atoms with E-state index in [-0.39, 0.29) is 5.57 Å². The van der Waals surface area contributed by atoms with Crippen molar-refractivity contribution in [2.75, 3.05) is 12.4 Å². The fourth-order valence-corrected chi connectivity index (χ4v) is 2.88. The summed E-state index contributed by atoms with van der Waals surface area (Å²) in [4.78, 5) is 12.5. The van der Waals surface area contributed by atoms with Gasteiger partial charge >= 0.3 is 0 Å². The zero-order valence-corrected chi connectivity index (χ0v) is 16.9. The molecule has 0 radical (unpaired) electrons. The number of nitrogens with zero attached hydrogens (tertiary/aromatic N) is 1. The second-order valence-corrected chi connectivity index (χ2v) is 6.65. The number of hydrogen-bond donors (Lipinski definition) is 1. The van der Waals surface area contributed by atoms with Crippen LogP contribution < -0.4 is 14.8 Å². The Balaban J connectivity index is 1.63. The van der Waals surface area contributed by atoms with Gasteiger partial charge in [-0.05, 0) is 66.1 Å². The Hall–Kier alpha value is -4.04. The van der Waals surface area contributed by atoms with Crippen molar-refractivity contribution < 1.29 is 14.3 Å². The molecule has 0 saturated carbocycles. The van der Waals surface area contributed by atoms with Crippen molar-refractivity contribution >= 4 is 17.7 Å². The summed E-state index contributed by atoms with van der Waals surface area (Å²) in [5.74, 6) is 0.982. The number of hydrogen-bond acceptors (Lipinski definition) is 4. The van der Waals surface area contributed by atoms with Crippen LogP contribution in [0.5, 0.6) is 11.5 Å². The summed E-state index contributed by atoms with van der Waals surface area (Å²) >= 11 is 0. The number of amides is 1. The molecule has 3 rings (SSSR count). The van der Waals surface area contributed by atoms with E-state index < -0.39 is 5.91 Å². The molecule has 0 spiro atoms. The van der Waals surface area contributed by atoms with Crippen molar-refractivity contribution in [2.45, 2.75) is 13.5 Å². The van der Waals surface area contributed by atoms with Gasteiger partial charge in [0.15, 0.2) is 0 Å². The van der Waals surface area contributed by atoms with Crippen molar-refractivity contribution in [3.8, 4) is 17.6 Å². The maximum atomic E-state index is 12.5. The number of benzene rings is 3. The van der Waals surface area contributed by atoms with Gasteiger partial charge in [-0.25, -0.2) is 0 Å². The molecule has 5 heteroatoms. The van der Waals surface area contributed by atoms with Crippen LogP contribution in [0.1, 0.15) is 16.7 Å². The zero-order valence-electron chi connectivity index (χ0n) is 16.9. The Morgan fingerprint density at radius 1 is 1.07 bits per heavy atom. The molecule has 3 aromatic rings. The monoisotopic (exact) mass is 398 g/mol. The molecular formula is C25H22N2O3. The summed E-state index contributed by atoms with van der Waals surface area (Å²) < 4.78 is 11.0. The van der Waals surface area contributed by atoms with Gasteiger partial charge < -0.3 is 14.8 Å². The Labute approximate surface area is 176 Å². The normalized spacial score (nSPS) is 10.8. The van der Waals surface area contributed by atoms with Crippen LogP contribution >= 0.6 is 0 Å². The summed E-state index contributed by atoms with van der Waals surface area (Å²) in [6.45, 7) is 2.37. The summed E-state index contributed by atoms with van der Waals surface area (Å²) in [7, 11) is 1.60. The van der Waals surface area contributed by atoms with Gasteiger partial charge in [0.05, 0.1) is 7.11 Å². The van der Waals surface area contributed by atoms with Gasteiger partial charge in [0.25, 0.3) is 5.91 Å². The molecular weight excluding hydrogens is 376 g/mol. The van der Waals surface area contributed by atoms with Gasteiger partial charge in [0.2, 0.25) is 0 Å². The molecule has 0 bridgehead atoms. The number of ether oxygens (including phenoxy) is 2. The van der Waals surface area contributed by atoms with E-state index in [1.165, 1.54) is 0 Å². The molecule has 0 atom stereocenters. The predicted molar refractivity (Wildman–Crippen MR) is 117 cm³/mol. The number of carbonyl (C=O) groups is 1. The van der Waals surface area contributed by atoms with Crippen LogP contribution in [0, 0.1) is 18.3 Å². The molecule has 5 nitrogen and oxygen atoms in total. The standard InChI is InChI=1S/C25H22N2O3/c1-18-14-20(8-13-24(18)29-2)15-21(16-26)25(28)27-22-9-11-23(12-10-22)30-17-19-6-4-3-5-7-19/h3-15H,17H2,1-2H3,(H,27,28)/b21-15+. The van der Waals surface area contributed by atoms with Crippen LogP contribution in [0.25, 0.3) is 6.08 Å². The van der Waals surface area contributed by atoms with Crippen LogP contribution in [-0.2, 0) is 11.4 Å². The molecule has 30 heavy (non-hydrogen) atoms. The average Bonchev–Trinajstić information content (AvgIpc) is 2.77. The predicted octanol–water partition coefficient (Wildman–Crippen LogP) is 5.13. The lowest BCUT2D eigenvalue weighted by atomic mass is 10.1.